The van der Waals surface area contributed by atoms with E-state index in [1.807, 2.05) is 85.2 Å². The van der Waals surface area contributed by atoms with E-state index in [-0.39, 0.29) is 11.2 Å². The standard InChI is InChI=1S/C24H23N3OS/c28-24(25-16-9-17-27-18-26-21-14-7-8-15-22(21)27)23(19-10-3-1-4-11-19)29-20-12-5-2-6-13-20/h1-8,10-15,18,23H,9,16-17H2,(H,25,28). The van der Waals surface area contributed by atoms with Gasteiger partial charge in [0.15, 0.2) is 0 Å². The van der Waals surface area contributed by atoms with Gasteiger partial charge < -0.3 is 9.88 Å². The molecular formula is C24H23N3OS. The smallest absolute Gasteiger partial charge is 0.237 e. The number of rotatable bonds is 8. The second-order valence-electron chi connectivity index (χ2n) is 6.79. The zero-order valence-corrected chi connectivity index (χ0v) is 16.9. The molecule has 0 saturated carbocycles. The SMILES string of the molecule is O=C(NCCCn1cnc2ccccc21)C(Sc1ccccc1)c1ccccc1. The molecule has 0 aliphatic carbocycles. The van der Waals surface area contributed by atoms with E-state index >= 15 is 0 Å². The maximum atomic E-state index is 13.0. The predicted molar refractivity (Wildman–Crippen MR) is 119 cm³/mol. The lowest BCUT2D eigenvalue weighted by Gasteiger charge is -2.17. The van der Waals surface area contributed by atoms with Gasteiger partial charge in [0.25, 0.3) is 0 Å². The Morgan fingerprint density at radius 2 is 1.62 bits per heavy atom. The number of aromatic nitrogens is 2. The topological polar surface area (TPSA) is 46.9 Å². The Labute approximate surface area is 175 Å². The minimum atomic E-state index is -0.271. The third-order valence-corrected chi connectivity index (χ3v) is 6.01. The summed E-state index contributed by atoms with van der Waals surface area (Å²) in [6, 6.07) is 28.1. The average Bonchev–Trinajstić information content (AvgIpc) is 3.19. The number of hydrogen-bond donors (Lipinski definition) is 1. The number of amides is 1. The van der Waals surface area contributed by atoms with Gasteiger partial charge in [0.05, 0.1) is 17.4 Å². The van der Waals surface area contributed by atoms with Crippen LogP contribution in [0.15, 0.2) is 96.2 Å². The van der Waals surface area contributed by atoms with Crippen molar-refractivity contribution in [1.29, 1.82) is 0 Å². The molecule has 1 aromatic heterocycles. The number of thioether (sulfide) groups is 1. The van der Waals surface area contributed by atoms with Crippen molar-refractivity contribution in [2.24, 2.45) is 0 Å². The van der Waals surface area contributed by atoms with Crippen LogP contribution in [0, 0.1) is 0 Å². The van der Waals surface area contributed by atoms with E-state index in [9.17, 15) is 4.79 Å². The predicted octanol–water partition coefficient (Wildman–Crippen LogP) is 5.08. The van der Waals surface area contributed by atoms with Crippen LogP contribution in [0.5, 0.6) is 0 Å². The van der Waals surface area contributed by atoms with Gasteiger partial charge >= 0.3 is 0 Å². The Bertz CT molecular complexity index is 1060. The molecule has 1 unspecified atom stereocenters. The second-order valence-corrected chi connectivity index (χ2v) is 7.97. The lowest BCUT2D eigenvalue weighted by atomic mass is 10.1. The van der Waals surface area contributed by atoms with Crippen molar-refractivity contribution in [3.05, 3.63) is 96.8 Å². The Hall–Kier alpha value is -3.05. The minimum Gasteiger partial charge on any atom is -0.355 e. The van der Waals surface area contributed by atoms with E-state index in [0.29, 0.717) is 6.54 Å². The van der Waals surface area contributed by atoms with Crippen molar-refractivity contribution in [3.63, 3.8) is 0 Å². The van der Waals surface area contributed by atoms with Crippen LogP contribution in [-0.4, -0.2) is 22.0 Å². The van der Waals surface area contributed by atoms with E-state index in [1.165, 1.54) is 0 Å². The van der Waals surface area contributed by atoms with Crippen LogP contribution in [0.25, 0.3) is 11.0 Å². The van der Waals surface area contributed by atoms with E-state index in [2.05, 4.69) is 20.9 Å². The number of carbonyl (C=O) groups is 1. The molecule has 5 heteroatoms. The van der Waals surface area contributed by atoms with Crippen molar-refractivity contribution in [1.82, 2.24) is 14.9 Å². The molecular weight excluding hydrogens is 378 g/mol. The minimum absolute atomic E-state index is 0.0422. The third kappa shape index (κ3) is 4.87. The summed E-state index contributed by atoms with van der Waals surface area (Å²) in [4.78, 5) is 18.5. The monoisotopic (exact) mass is 401 g/mol. The van der Waals surface area contributed by atoms with Gasteiger partial charge in [0.2, 0.25) is 5.91 Å². The lowest BCUT2D eigenvalue weighted by molar-refractivity contribution is -0.120. The molecule has 0 aliphatic rings. The van der Waals surface area contributed by atoms with Gasteiger partial charge in [-0.25, -0.2) is 4.98 Å². The number of fused-ring (bicyclic) bond motifs is 1. The van der Waals surface area contributed by atoms with Crippen molar-refractivity contribution in [3.8, 4) is 0 Å². The normalized spacial score (nSPS) is 12.0. The van der Waals surface area contributed by atoms with E-state index < -0.39 is 0 Å². The summed E-state index contributed by atoms with van der Waals surface area (Å²) in [5.74, 6) is 0.0422. The van der Waals surface area contributed by atoms with Gasteiger partial charge in [-0.15, -0.1) is 11.8 Å². The Morgan fingerprint density at radius 3 is 2.41 bits per heavy atom. The fraction of sp³-hybridized carbons (Fsp3) is 0.167. The first-order valence-electron chi connectivity index (χ1n) is 9.75. The van der Waals surface area contributed by atoms with Gasteiger partial charge in [0, 0.05) is 18.0 Å². The molecule has 1 heterocycles. The van der Waals surface area contributed by atoms with Crippen LogP contribution < -0.4 is 5.32 Å². The van der Waals surface area contributed by atoms with E-state index in [0.717, 1.165) is 34.5 Å². The lowest BCUT2D eigenvalue weighted by Crippen LogP contribution is -2.29. The highest BCUT2D eigenvalue weighted by Crippen LogP contribution is 2.35. The first-order chi connectivity index (χ1) is 14.3. The summed E-state index contributed by atoms with van der Waals surface area (Å²) < 4.78 is 2.13. The quantitative estimate of drug-likeness (QED) is 0.331. The van der Waals surface area contributed by atoms with Crippen LogP contribution in [0.2, 0.25) is 0 Å². The van der Waals surface area contributed by atoms with Crippen molar-refractivity contribution in [2.45, 2.75) is 23.1 Å². The van der Waals surface area contributed by atoms with Gasteiger partial charge in [-0.3, -0.25) is 4.79 Å². The van der Waals surface area contributed by atoms with E-state index in [4.69, 9.17) is 0 Å². The van der Waals surface area contributed by atoms with E-state index in [1.54, 1.807) is 11.8 Å². The zero-order chi connectivity index (χ0) is 19.9. The number of hydrogen-bond acceptors (Lipinski definition) is 3. The Kier molecular flexibility index (Phi) is 6.27. The molecule has 0 aliphatic heterocycles. The maximum Gasteiger partial charge on any atom is 0.237 e. The molecule has 0 bridgehead atoms. The number of imidazole rings is 1. The molecule has 1 amide bonds. The highest BCUT2D eigenvalue weighted by molar-refractivity contribution is 8.00. The second kappa shape index (κ2) is 9.43. The molecule has 0 saturated heterocycles. The molecule has 29 heavy (non-hydrogen) atoms. The Balaban J connectivity index is 1.37. The number of nitrogens with zero attached hydrogens (tertiary/aromatic N) is 2. The van der Waals surface area contributed by atoms with Crippen LogP contribution in [0.4, 0.5) is 0 Å². The highest BCUT2D eigenvalue weighted by Gasteiger charge is 2.21. The first kappa shape index (κ1) is 19.3. The summed E-state index contributed by atoms with van der Waals surface area (Å²) in [5, 5.41) is 2.85. The van der Waals surface area contributed by atoms with Gasteiger partial charge in [-0.1, -0.05) is 60.7 Å². The fourth-order valence-electron chi connectivity index (χ4n) is 3.28. The molecule has 1 N–H and O–H groups in total. The van der Waals surface area contributed by atoms with Crippen LogP contribution in [0.1, 0.15) is 17.2 Å². The van der Waals surface area contributed by atoms with Crippen LogP contribution >= 0.6 is 11.8 Å². The van der Waals surface area contributed by atoms with Gasteiger partial charge in [0.1, 0.15) is 5.25 Å². The average molecular weight is 402 g/mol. The summed E-state index contributed by atoms with van der Waals surface area (Å²) in [7, 11) is 0. The highest BCUT2D eigenvalue weighted by atomic mass is 32.2. The molecule has 0 fully saturated rings. The summed E-state index contributed by atoms with van der Waals surface area (Å²) in [6.45, 7) is 1.45. The molecule has 1 atom stereocenters. The fourth-order valence-corrected chi connectivity index (χ4v) is 4.35. The van der Waals surface area contributed by atoms with Gasteiger partial charge in [-0.2, -0.15) is 0 Å². The number of para-hydroxylation sites is 2. The first-order valence-corrected chi connectivity index (χ1v) is 10.6. The molecule has 4 aromatic rings. The van der Waals surface area contributed by atoms with Crippen molar-refractivity contribution in [2.75, 3.05) is 6.54 Å². The van der Waals surface area contributed by atoms with Crippen molar-refractivity contribution >= 4 is 28.7 Å². The maximum absolute atomic E-state index is 13.0. The summed E-state index contributed by atoms with van der Waals surface area (Å²) in [6.07, 6.45) is 2.72. The molecule has 4 nitrogen and oxygen atoms in total. The molecule has 0 spiro atoms. The molecule has 4 rings (SSSR count). The van der Waals surface area contributed by atoms with Crippen molar-refractivity contribution < 1.29 is 4.79 Å². The largest absolute Gasteiger partial charge is 0.355 e. The van der Waals surface area contributed by atoms with Crippen LogP contribution in [-0.2, 0) is 11.3 Å². The molecule has 3 aromatic carbocycles. The third-order valence-electron chi connectivity index (χ3n) is 4.74. The number of nitrogens with one attached hydrogen (secondary N) is 1. The summed E-state index contributed by atoms with van der Waals surface area (Å²) in [5.41, 5.74) is 3.14. The molecule has 146 valence electrons. The van der Waals surface area contributed by atoms with Gasteiger partial charge in [-0.05, 0) is 36.2 Å². The summed E-state index contributed by atoms with van der Waals surface area (Å²) >= 11 is 1.58. The number of carbonyl (C=O) groups excluding carboxylic acids is 1. The zero-order valence-electron chi connectivity index (χ0n) is 16.1. The van der Waals surface area contributed by atoms with Crippen LogP contribution in [0.3, 0.4) is 0 Å². The molecule has 0 radical (unpaired) electrons. The number of aryl methyl sites for hydroxylation is 1. The number of benzene rings is 3. The Morgan fingerprint density at radius 1 is 0.931 bits per heavy atom.